The zero-order valence-electron chi connectivity index (χ0n) is 16.3. The maximum Gasteiger partial charge on any atom is 0.232 e. The quantitative estimate of drug-likeness (QED) is 0.762. The molecule has 3 heterocycles. The van der Waals surface area contributed by atoms with E-state index in [9.17, 15) is 4.79 Å². The lowest BCUT2D eigenvalue weighted by atomic mass is 10.2. The Balaban J connectivity index is 1.49. The van der Waals surface area contributed by atoms with Crippen LogP contribution in [0.2, 0.25) is 0 Å². The molecule has 1 amide bonds. The third-order valence-electron chi connectivity index (χ3n) is 4.55. The van der Waals surface area contributed by atoms with Gasteiger partial charge in [-0.2, -0.15) is 0 Å². The molecule has 3 rings (SSSR count). The first-order chi connectivity index (χ1) is 13.0. The molecule has 0 unspecified atom stereocenters. The van der Waals surface area contributed by atoms with Gasteiger partial charge in [-0.1, -0.05) is 19.9 Å². The lowest BCUT2D eigenvalue weighted by Gasteiger charge is -2.35. The molecule has 7 heteroatoms. The summed E-state index contributed by atoms with van der Waals surface area (Å²) in [7, 11) is 0. The number of thioether (sulfide) groups is 1. The normalized spacial score (nSPS) is 14.7. The molecule has 1 aliphatic rings. The monoisotopic (exact) mass is 385 g/mol. The number of pyridine rings is 1. The van der Waals surface area contributed by atoms with Crippen LogP contribution >= 0.6 is 11.8 Å². The highest BCUT2D eigenvalue weighted by atomic mass is 32.2. The van der Waals surface area contributed by atoms with E-state index < -0.39 is 0 Å². The van der Waals surface area contributed by atoms with Crippen LogP contribution in [-0.2, 0) is 10.5 Å². The Kier molecular flexibility index (Phi) is 6.66. The van der Waals surface area contributed by atoms with Crippen molar-refractivity contribution >= 4 is 23.5 Å². The molecule has 144 valence electrons. The number of aromatic nitrogens is 3. The van der Waals surface area contributed by atoms with Crippen molar-refractivity contribution in [3.63, 3.8) is 0 Å². The fourth-order valence-corrected chi connectivity index (χ4v) is 3.88. The van der Waals surface area contributed by atoms with Crippen molar-refractivity contribution in [1.82, 2.24) is 19.9 Å². The Morgan fingerprint density at radius 3 is 2.67 bits per heavy atom. The highest BCUT2D eigenvalue weighted by Gasteiger charge is 2.22. The Labute approximate surface area is 165 Å². The van der Waals surface area contributed by atoms with Gasteiger partial charge in [0.2, 0.25) is 5.91 Å². The minimum Gasteiger partial charge on any atom is -0.353 e. The first kappa shape index (κ1) is 19.6. The van der Waals surface area contributed by atoms with Crippen LogP contribution in [0.4, 0.5) is 5.82 Å². The van der Waals surface area contributed by atoms with Crippen molar-refractivity contribution in [2.24, 2.45) is 0 Å². The predicted octanol–water partition coefficient (Wildman–Crippen LogP) is 2.89. The molecule has 1 aliphatic heterocycles. The standard InChI is InChI=1S/C20H27N5OS/c1-15(2)20-22-16(3)11-18(23-20)24-7-9-25(10-8-24)19(26)14-27-13-17-5-4-6-21-12-17/h4-6,11-12,15H,7-10,13-14H2,1-3H3. The van der Waals surface area contributed by atoms with E-state index in [0.717, 1.165) is 54.8 Å². The molecule has 0 aliphatic carbocycles. The van der Waals surface area contributed by atoms with Crippen molar-refractivity contribution in [2.45, 2.75) is 32.4 Å². The average Bonchev–Trinajstić information content (AvgIpc) is 2.68. The van der Waals surface area contributed by atoms with E-state index in [1.54, 1.807) is 18.0 Å². The molecule has 0 bridgehead atoms. The minimum absolute atomic E-state index is 0.213. The Hall–Kier alpha value is -2.15. The molecule has 2 aromatic rings. The number of amides is 1. The number of hydrogen-bond donors (Lipinski definition) is 0. The SMILES string of the molecule is Cc1cc(N2CCN(C(=O)CSCc3cccnc3)CC2)nc(C(C)C)n1. The van der Waals surface area contributed by atoms with Crippen LogP contribution in [0, 0.1) is 6.92 Å². The van der Waals surface area contributed by atoms with Crippen molar-refractivity contribution in [2.75, 3.05) is 36.8 Å². The zero-order chi connectivity index (χ0) is 19.2. The number of rotatable bonds is 6. The maximum absolute atomic E-state index is 12.5. The number of carbonyl (C=O) groups is 1. The van der Waals surface area contributed by atoms with Gasteiger partial charge in [-0.3, -0.25) is 9.78 Å². The third-order valence-corrected chi connectivity index (χ3v) is 5.54. The van der Waals surface area contributed by atoms with Crippen molar-refractivity contribution in [3.05, 3.63) is 47.7 Å². The highest BCUT2D eigenvalue weighted by molar-refractivity contribution is 7.99. The van der Waals surface area contributed by atoms with E-state index in [2.05, 4.69) is 28.7 Å². The summed E-state index contributed by atoms with van der Waals surface area (Å²) in [4.78, 5) is 30.0. The summed E-state index contributed by atoms with van der Waals surface area (Å²) in [6.07, 6.45) is 3.62. The van der Waals surface area contributed by atoms with Crippen LogP contribution in [0.5, 0.6) is 0 Å². The first-order valence-corrected chi connectivity index (χ1v) is 10.5. The van der Waals surface area contributed by atoms with E-state index in [1.807, 2.05) is 36.2 Å². The number of aryl methyl sites for hydroxylation is 1. The summed E-state index contributed by atoms with van der Waals surface area (Å²) in [6.45, 7) is 9.34. The summed E-state index contributed by atoms with van der Waals surface area (Å²) >= 11 is 1.65. The second-order valence-electron chi connectivity index (χ2n) is 7.10. The van der Waals surface area contributed by atoms with Crippen LogP contribution in [0.15, 0.2) is 30.6 Å². The lowest BCUT2D eigenvalue weighted by Crippen LogP contribution is -2.49. The summed E-state index contributed by atoms with van der Waals surface area (Å²) in [5.74, 6) is 3.71. The fraction of sp³-hybridized carbons (Fsp3) is 0.500. The third kappa shape index (κ3) is 5.42. The summed E-state index contributed by atoms with van der Waals surface area (Å²) < 4.78 is 0. The Morgan fingerprint density at radius 1 is 1.22 bits per heavy atom. The van der Waals surface area contributed by atoms with E-state index >= 15 is 0 Å². The predicted molar refractivity (Wildman–Crippen MR) is 110 cm³/mol. The largest absolute Gasteiger partial charge is 0.353 e. The van der Waals surface area contributed by atoms with Gasteiger partial charge in [0.1, 0.15) is 11.6 Å². The second-order valence-corrected chi connectivity index (χ2v) is 8.09. The van der Waals surface area contributed by atoms with Crippen molar-refractivity contribution < 1.29 is 4.79 Å². The second kappa shape index (κ2) is 9.17. The Morgan fingerprint density at radius 2 is 2.00 bits per heavy atom. The van der Waals surface area contributed by atoms with Gasteiger partial charge in [0.15, 0.2) is 0 Å². The number of carbonyl (C=O) groups excluding carboxylic acids is 1. The average molecular weight is 386 g/mol. The van der Waals surface area contributed by atoms with Crippen molar-refractivity contribution in [1.29, 1.82) is 0 Å². The first-order valence-electron chi connectivity index (χ1n) is 9.38. The van der Waals surface area contributed by atoms with Gasteiger partial charge in [0, 0.05) is 62.0 Å². The molecule has 0 radical (unpaired) electrons. The summed E-state index contributed by atoms with van der Waals surface area (Å²) in [5.41, 5.74) is 2.15. The van der Waals surface area contributed by atoms with E-state index in [-0.39, 0.29) is 5.91 Å². The van der Waals surface area contributed by atoms with Gasteiger partial charge in [-0.25, -0.2) is 9.97 Å². The molecule has 0 atom stereocenters. The van der Waals surface area contributed by atoms with Crippen molar-refractivity contribution in [3.8, 4) is 0 Å². The molecule has 2 aromatic heterocycles. The summed E-state index contributed by atoms with van der Waals surface area (Å²) in [5, 5.41) is 0. The molecule has 6 nitrogen and oxygen atoms in total. The molecule has 0 spiro atoms. The molecule has 27 heavy (non-hydrogen) atoms. The van der Waals surface area contributed by atoms with Gasteiger partial charge in [-0.05, 0) is 18.6 Å². The molecule has 0 aromatic carbocycles. The van der Waals surface area contributed by atoms with Crippen LogP contribution in [0.3, 0.4) is 0 Å². The highest BCUT2D eigenvalue weighted by Crippen LogP contribution is 2.19. The van der Waals surface area contributed by atoms with Gasteiger partial charge in [0.25, 0.3) is 0 Å². The number of anilines is 1. The molecule has 0 saturated carbocycles. The van der Waals surface area contributed by atoms with Gasteiger partial charge < -0.3 is 9.80 Å². The molecule has 1 saturated heterocycles. The van der Waals surface area contributed by atoms with E-state index in [0.29, 0.717) is 11.7 Å². The zero-order valence-corrected chi connectivity index (χ0v) is 17.1. The van der Waals surface area contributed by atoms with Crippen LogP contribution < -0.4 is 4.90 Å². The van der Waals surface area contributed by atoms with Gasteiger partial charge >= 0.3 is 0 Å². The smallest absolute Gasteiger partial charge is 0.232 e. The maximum atomic E-state index is 12.5. The number of piperazine rings is 1. The number of nitrogens with zero attached hydrogens (tertiary/aromatic N) is 5. The molecular formula is C20H27N5OS. The van der Waals surface area contributed by atoms with Gasteiger partial charge in [0.05, 0.1) is 5.75 Å². The molecular weight excluding hydrogens is 358 g/mol. The summed E-state index contributed by atoms with van der Waals surface area (Å²) in [6, 6.07) is 6.00. The minimum atomic E-state index is 0.213. The van der Waals surface area contributed by atoms with Crippen LogP contribution in [-0.4, -0.2) is 57.7 Å². The molecule has 1 fully saturated rings. The number of hydrogen-bond acceptors (Lipinski definition) is 6. The van der Waals surface area contributed by atoms with Crippen LogP contribution in [0.25, 0.3) is 0 Å². The van der Waals surface area contributed by atoms with E-state index in [1.165, 1.54) is 0 Å². The topological polar surface area (TPSA) is 62.2 Å². The van der Waals surface area contributed by atoms with E-state index in [4.69, 9.17) is 4.98 Å². The Bertz CT molecular complexity index is 760. The van der Waals surface area contributed by atoms with Gasteiger partial charge in [-0.15, -0.1) is 11.8 Å². The lowest BCUT2D eigenvalue weighted by molar-refractivity contribution is -0.128. The fourth-order valence-electron chi connectivity index (χ4n) is 3.01. The molecule has 0 N–H and O–H groups in total. The van der Waals surface area contributed by atoms with Crippen LogP contribution in [0.1, 0.15) is 36.8 Å².